The number of carbonyl (C=O) groups is 2. The van der Waals surface area contributed by atoms with Gasteiger partial charge in [-0.25, -0.2) is 14.6 Å². The van der Waals surface area contributed by atoms with Crippen molar-refractivity contribution in [3.8, 4) is 11.1 Å². The Morgan fingerprint density at radius 2 is 1.73 bits per heavy atom. The first-order valence-electron chi connectivity index (χ1n) is 13.6. The van der Waals surface area contributed by atoms with Crippen LogP contribution in [0.25, 0.3) is 11.1 Å². The van der Waals surface area contributed by atoms with Gasteiger partial charge in [0.2, 0.25) is 0 Å². The molecule has 1 aromatic heterocycles. The lowest BCUT2D eigenvalue weighted by atomic mass is 9.74. The van der Waals surface area contributed by atoms with Crippen LogP contribution in [0.1, 0.15) is 48.6 Å². The molecule has 1 N–H and O–H groups in total. The van der Waals surface area contributed by atoms with E-state index in [0.717, 1.165) is 0 Å². The topological polar surface area (TPSA) is 103 Å². The molecule has 1 aliphatic heterocycles. The summed E-state index contributed by atoms with van der Waals surface area (Å²) in [6.07, 6.45) is 3.75. The number of benzene rings is 2. The lowest BCUT2D eigenvalue weighted by Crippen LogP contribution is -2.57. The Kier molecular flexibility index (Phi) is 7.18. The Balaban J connectivity index is 1.13. The van der Waals surface area contributed by atoms with E-state index in [1.54, 1.807) is 4.90 Å². The van der Waals surface area contributed by atoms with Crippen LogP contribution in [-0.2, 0) is 31.7 Å². The Morgan fingerprint density at radius 3 is 2.33 bits per heavy atom. The molecule has 3 aromatic rings. The average molecular weight is 611 g/mol. The lowest BCUT2D eigenvalue weighted by molar-refractivity contribution is -0.179. The number of imidazole rings is 1. The Labute approximate surface area is 241 Å². The smallest absolute Gasteiger partial charge is 0.409 e. The first-order valence-corrected chi connectivity index (χ1v) is 14.4. The summed E-state index contributed by atoms with van der Waals surface area (Å²) in [7, 11) is 1.87. The number of rotatable bonds is 6. The Morgan fingerprint density at radius 1 is 1.07 bits per heavy atom. The molecule has 2 heterocycles. The van der Waals surface area contributed by atoms with E-state index in [0.29, 0.717) is 55.8 Å². The summed E-state index contributed by atoms with van der Waals surface area (Å²) in [6.45, 7) is 1.16. The molecule has 1 saturated carbocycles. The van der Waals surface area contributed by atoms with Crippen LogP contribution in [0.2, 0.25) is 0 Å². The third-order valence-electron chi connectivity index (χ3n) is 8.54. The summed E-state index contributed by atoms with van der Waals surface area (Å²) >= 11 is 3.42. The van der Waals surface area contributed by atoms with Crippen molar-refractivity contribution in [3.05, 3.63) is 76.3 Å². The molecule has 40 heavy (non-hydrogen) atoms. The van der Waals surface area contributed by atoms with Gasteiger partial charge in [-0.05, 0) is 63.9 Å². The summed E-state index contributed by atoms with van der Waals surface area (Å²) < 4.78 is 20.8. The van der Waals surface area contributed by atoms with E-state index in [9.17, 15) is 14.7 Å². The SMILES string of the molecule is Cn1cc(Br)nc1C1(OCC(=O)O)CCC2(CC1)CN(C(=O)OCC1c3ccccc3-c3ccccc31)CCO2. The van der Waals surface area contributed by atoms with Gasteiger partial charge >= 0.3 is 12.1 Å². The number of ether oxygens (including phenoxy) is 3. The number of nitrogens with zero attached hydrogens (tertiary/aromatic N) is 3. The van der Waals surface area contributed by atoms with Gasteiger partial charge in [-0.3, -0.25) is 0 Å². The van der Waals surface area contributed by atoms with Gasteiger partial charge in [-0.2, -0.15) is 0 Å². The van der Waals surface area contributed by atoms with Crippen molar-refractivity contribution in [3.63, 3.8) is 0 Å². The quantitative estimate of drug-likeness (QED) is 0.416. The van der Waals surface area contributed by atoms with Crippen molar-refractivity contribution in [1.82, 2.24) is 14.5 Å². The van der Waals surface area contributed by atoms with Gasteiger partial charge in [-0.1, -0.05) is 48.5 Å². The molecule has 10 heteroatoms. The number of hydrogen-bond donors (Lipinski definition) is 1. The predicted octanol–water partition coefficient (Wildman–Crippen LogP) is 5.07. The minimum absolute atomic E-state index is 0.00476. The summed E-state index contributed by atoms with van der Waals surface area (Å²) in [5, 5.41) is 9.31. The zero-order chi connectivity index (χ0) is 27.9. The summed E-state index contributed by atoms with van der Waals surface area (Å²) in [6, 6.07) is 16.6. The lowest BCUT2D eigenvalue weighted by Gasteiger charge is -2.49. The van der Waals surface area contributed by atoms with E-state index in [4.69, 9.17) is 14.2 Å². The third kappa shape index (κ3) is 4.93. The highest BCUT2D eigenvalue weighted by Gasteiger charge is 2.50. The number of aryl methyl sites for hydroxylation is 1. The standard InChI is InChI=1S/C30H32BrN3O6/c1-33-16-25(31)32-27(33)30(40-18-26(35)36)12-10-29(11-13-30)19-34(14-15-39-29)28(37)38-17-24-22-8-4-2-6-20(22)21-7-3-5-9-23(21)24/h2-9,16,24H,10-15,17-19H2,1H3,(H,35,36). The number of carboxylic acid groups (broad SMARTS) is 1. The highest BCUT2D eigenvalue weighted by molar-refractivity contribution is 9.10. The molecular weight excluding hydrogens is 578 g/mol. The van der Waals surface area contributed by atoms with Gasteiger partial charge in [-0.15, -0.1) is 0 Å². The van der Waals surface area contributed by atoms with Crippen molar-refractivity contribution in [2.75, 3.05) is 32.9 Å². The van der Waals surface area contributed by atoms with E-state index < -0.39 is 23.8 Å². The highest BCUT2D eigenvalue weighted by atomic mass is 79.9. The van der Waals surface area contributed by atoms with Gasteiger partial charge in [0.05, 0.1) is 18.8 Å². The molecule has 210 valence electrons. The molecule has 0 unspecified atom stereocenters. The summed E-state index contributed by atoms with van der Waals surface area (Å²) in [5.41, 5.74) is 3.36. The monoisotopic (exact) mass is 609 g/mol. The second-order valence-electron chi connectivity index (χ2n) is 10.9. The third-order valence-corrected chi connectivity index (χ3v) is 8.92. The maximum absolute atomic E-state index is 13.3. The number of carbonyl (C=O) groups excluding carboxylic acids is 1. The number of aromatic nitrogens is 2. The number of hydrogen-bond acceptors (Lipinski definition) is 6. The zero-order valence-electron chi connectivity index (χ0n) is 22.3. The molecule has 9 nitrogen and oxygen atoms in total. The molecule has 1 saturated heterocycles. The van der Waals surface area contributed by atoms with Crippen LogP contribution in [0.3, 0.4) is 0 Å². The van der Waals surface area contributed by atoms with Crippen molar-refractivity contribution < 1.29 is 28.9 Å². The normalized spacial score (nSPS) is 24.1. The van der Waals surface area contributed by atoms with Crippen LogP contribution < -0.4 is 0 Å². The maximum Gasteiger partial charge on any atom is 0.409 e. The van der Waals surface area contributed by atoms with Crippen LogP contribution in [0.5, 0.6) is 0 Å². The van der Waals surface area contributed by atoms with Crippen LogP contribution in [0, 0.1) is 0 Å². The van der Waals surface area contributed by atoms with Crippen molar-refractivity contribution >= 4 is 28.0 Å². The average Bonchev–Trinajstić information content (AvgIpc) is 3.48. The van der Waals surface area contributed by atoms with Crippen LogP contribution >= 0.6 is 15.9 Å². The van der Waals surface area contributed by atoms with Crippen LogP contribution in [0.15, 0.2) is 59.3 Å². The van der Waals surface area contributed by atoms with Gasteiger partial charge in [0, 0.05) is 25.7 Å². The van der Waals surface area contributed by atoms with Crippen molar-refractivity contribution in [2.45, 2.75) is 42.8 Å². The number of fused-ring (bicyclic) bond motifs is 3. The first-order chi connectivity index (χ1) is 19.3. The Bertz CT molecular complexity index is 1380. The minimum Gasteiger partial charge on any atom is -0.480 e. The number of amides is 1. The molecule has 6 rings (SSSR count). The maximum atomic E-state index is 13.3. The summed E-state index contributed by atoms with van der Waals surface area (Å²) in [5.74, 6) is -0.340. The molecule has 0 bridgehead atoms. The largest absolute Gasteiger partial charge is 0.480 e. The predicted molar refractivity (Wildman–Crippen MR) is 150 cm³/mol. The number of morpholine rings is 1. The van der Waals surface area contributed by atoms with Crippen LogP contribution in [-0.4, -0.2) is 70.1 Å². The Hall–Kier alpha value is -3.21. The number of carboxylic acids is 1. The second kappa shape index (κ2) is 10.6. The van der Waals surface area contributed by atoms with E-state index in [1.807, 2.05) is 42.1 Å². The highest BCUT2D eigenvalue weighted by Crippen LogP contribution is 2.47. The molecule has 1 amide bonds. The number of halogens is 1. The second-order valence-corrected chi connectivity index (χ2v) is 11.7. The van der Waals surface area contributed by atoms with E-state index >= 15 is 0 Å². The molecule has 1 spiro atoms. The van der Waals surface area contributed by atoms with Gasteiger partial charge in [0.1, 0.15) is 29.2 Å². The molecule has 2 fully saturated rings. The number of aliphatic carboxylic acids is 1. The zero-order valence-corrected chi connectivity index (χ0v) is 23.9. The molecule has 0 atom stereocenters. The fourth-order valence-electron chi connectivity index (χ4n) is 6.58. The molecular formula is C30H32BrN3O6. The molecule has 2 aromatic carbocycles. The van der Waals surface area contributed by atoms with Gasteiger partial charge < -0.3 is 28.8 Å². The molecule has 0 radical (unpaired) electrons. The molecule has 3 aliphatic rings. The fourth-order valence-corrected chi connectivity index (χ4v) is 7.06. The van der Waals surface area contributed by atoms with Crippen LogP contribution in [0.4, 0.5) is 4.79 Å². The van der Waals surface area contributed by atoms with Gasteiger partial charge in [0.15, 0.2) is 0 Å². The fraction of sp³-hybridized carbons (Fsp3) is 0.433. The molecule has 2 aliphatic carbocycles. The first kappa shape index (κ1) is 27.0. The summed E-state index contributed by atoms with van der Waals surface area (Å²) in [4.78, 5) is 31.0. The van der Waals surface area contributed by atoms with E-state index in [2.05, 4.69) is 45.2 Å². The van der Waals surface area contributed by atoms with E-state index in [1.165, 1.54) is 22.3 Å². The van der Waals surface area contributed by atoms with Crippen molar-refractivity contribution in [2.24, 2.45) is 7.05 Å². The van der Waals surface area contributed by atoms with E-state index in [-0.39, 0.29) is 18.6 Å². The minimum atomic E-state index is -1.02. The van der Waals surface area contributed by atoms with Gasteiger partial charge in [0.25, 0.3) is 0 Å². The van der Waals surface area contributed by atoms with Crippen molar-refractivity contribution in [1.29, 1.82) is 0 Å².